The molecule has 0 fully saturated rings. The van der Waals surface area contributed by atoms with Gasteiger partial charge in [0, 0.05) is 12.6 Å². The number of carboxylic acids is 1. The van der Waals surface area contributed by atoms with Crippen LogP contribution >= 0.6 is 0 Å². The summed E-state index contributed by atoms with van der Waals surface area (Å²) in [6.45, 7) is 9.84. The summed E-state index contributed by atoms with van der Waals surface area (Å²) in [5, 5.41) is 8.64. The molecular formula is C12H21NO3. The van der Waals surface area contributed by atoms with Gasteiger partial charge in [-0.2, -0.15) is 0 Å². The second kappa shape index (κ2) is 5.68. The quantitative estimate of drug-likeness (QED) is 0.746. The molecule has 0 aromatic carbocycles. The summed E-state index contributed by atoms with van der Waals surface area (Å²) in [7, 11) is 0. The van der Waals surface area contributed by atoms with E-state index in [1.165, 1.54) is 11.0 Å². The summed E-state index contributed by atoms with van der Waals surface area (Å²) >= 11 is 0. The molecule has 0 aliphatic carbocycles. The van der Waals surface area contributed by atoms with E-state index in [1.807, 2.05) is 27.7 Å². The van der Waals surface area contributed by atoms with Crippen LogP contribution in [0, 0.1) is 5.41 Å². The number of aliphatic carboxylic acids is 1. The molecule has 0 spiro atoms. The predicted molar refractivity (Wildman–Crippen MR) is 63.1 cm³/mol. The standard InChI is InChI=1S/C12H21NO3/c1-6-13(8-11(15)16)10(14)7-9(2)12(3,4)5/h7H,6,8H2,1-5H3,(H,15,16)/b9-7-. The van der Waals surface area contributed by atoms with Gasteiger partial charge in [-0.1, -0.05) is 26.3 Å². The van der Waals surface area contributed by atoms with E-state index < -0.39 is 5.97 Å². The fourth-order valence-electron chi connectivity index (χ4n) is 1.00. The Balaban J connectivity index is 4.72. The lowest BCUT2D eigenvalue weighted by atomic mass is 9.87. The Labute approximate surface area is 96.9 Å². The first-order valence-corrected chi connectivity index (χ1v) is 5.38. The third-order valence-electron chi connectivity index (χ3n) is 2.54. The molecule has 0 bridgehead atoms. The Hall–Kier alpha value is -1.32. The number of likely N-dealkylation sites (N-methyl/N-ethyl adjacent to an activating group) is 1. The van der Waals surface area contributed by atoms with Gasteiger partial charge >= 0.3 is 5.97 Å². The molecule has 0 heterocycles. The molecule has 4 nitrogen and oxygen atoms in total. The lowest BCUT2D eigenvalue weighted by molar-refractivity contribution is -0.142. The molecule has 16 heavy (non-hydrogen) atoms. The topological polar surface area (TPSA) is 57.6 Å². The normalized spacial score (nSPS) is 12.4. The number of hydrogen-bond acceptors (Lipinski definition) is 2. The van der Waals surface area contributed by atoms with Gasteiger partial charge in [0.15, 0.2) is 0 Å². The third-order valence-corrected chi connectivity index (χ3v) is 2.54. The van der Waals surface area contributed by atoms with Gasteiger partial charge in [0.05, 0.1) is 0 Å². The van der Waals surface area contributed by atoms with Crippen LogP contribution in [0.2, 0.25) is 0 Å². The maximum Gasteiger partial charge on any atom is 0.323 e. The predicted octanol–water partition coefficient (Wildman–Crippen LogP) is 1.91. The smallest absolute Gasteiger partial charge is 0.323 e. The largest absolute Gasteiger partial charge is 0.480 e. The van der Waals surface area contributed by atoms with E-state index in [1.54, 1.807) is 6.92 Å². The zero-order valence-corrected chi connectivity index (χ0v) is 10.7. The number of rotatable bonds is 4. The van der Waals surface area contributed by atoms with Crippen LogP contribution < -0.4 is 0 Å². The monoisotopic (exact) mass is 227 g/mol. The molecule has 0 aromatic rings. The number of carboxylic acid groups (broad SMARTS) is 1. The van der Waals surface area contributed by atoms with Crippen LogP contribution in [0.3, 0.4) is 0 Å². The summed E-state index contributed by atoms with van der Waals surface area (Å²) < 4.78 is 0. The minimum Gasteiger partial charge on any atom is -0.480 e. The van der Waals surface area contributed by atoms with E-state index in [0.29, 0.717) is 6.54 Å². The van der Waals surface area contributed by atoms with Gasteiger partial charge in [-0.15, -0.1) is 0 Å². The Morgan fingerprint density at radius 1 is 1.31 bits per heavy atom. The van der Waals surface area contributed by atoms with Crippen LogP contribution in [-0.4, -0.2) is 35.0 Å². The number of amides is 1. The van der Waals surface area contributed by atoms with Gasteiger partial charge in [0.1, 0.15) is 6.54 Å². The van der Waals surface area contributed by atoms with Crippen molar-refractivity contribution >= 4 is 11.9 Å². The molecule has 0 radical (unpaired) electrons. The van der Waals surface area contributed by atoms with Crippen molar-refractivity contribution in [1.29, 1.82) is 0 Å². The second-order valence-corrected chi connectivity index (χ2v) is 4.82. The van der Waals surface area contributed by atoms with E-state index in [2.05, 4.69) is 0 Å². The van der Waals surface area contributed by atoms with Gasteiger partial charge in [-0.3, -0.25) is 9.59 Å². The molecule has 4 heteroatoms. The minimum atomic E-state index is -0.989. The average Bonchev–Trinajstić information content (AvgIpc) is 2.11. The maximum atomic E-state index is 11.8. The molecule has 0 aromatic heterocycles. The minimum absolute atomic E-state index is 0.0711. The second-order valence-electron chi connectivity index (χ2n) is 4.82. The summed E-state index contributed by atoms with van der Waals surface area (Å²) in [6, 6.07) is 0. The molecule has 0 saturated carbocycles. The first kappa shape index (κ1) is 14.7. The number of carbonyl (C=O) groups excluding carboxylic acids is 1. The SMILES string of the molecule is CCN(CC(=O)O)C(=O)/C=C(/C)C(C)(C)C. The van der Waals surface area contributed by atoms with Crippen LogP contribution in [0.4, 0.5) is 0 Å². The van der Waals surface area contributed by atoms with Crippen molar-refractivity contribution in [3.8, 4) is 0 Å². The Morgan fingerprint density at radius 3 is 2.12 bits per heavy atom. The van der Waals surface area contributed by atoms with Gasteiger partial charge in [0.2, 0.25) is 5.91 Å². The fourth-order valence-corrected chi connectivity index (χ4v) is 1.00. The van der Waals surface area contributed by atoms with Gasteiger partial charge in [-0.25, -0.2) is 0 Å². The Kier molecular flexibility index (Phi) is 5.21. The molecule has 0 aliphatic heterocycles. The van der Waals surface area contributed by atoms with E-state index in [0.717, 1.165) is 5.57 Å². The molecule has 1 N–H and O–H groups in total. The van der Waals surface area contributed by atoms with Crippen molar-refractivity contribution in [2.24, 2.45) is 5.41 Å². The van der Waals surface area contributed by atoms with Crippen molar-refractivity contribution in [2.75, 3.05) is 13.1 Å². The summed E-state index contributed by atoms with van der Waals surface area (Å²) in [5.41, 5.74) is 0.875. The highest BCUT2D eigenvalue weighted by Gasteiger charge is 2.17. The highest BCUT2D eigenvalue weighted by atomic mass is 16.4. The number of carbonyl (C=O) groups is 2. The average molecular weight is 227 g/mol. The van der Waals surface area contributed by atoms with Crippen LogP contribution in [0.5, 0.6) is 0 Å². The van der Waals surface area contributed by atoms with Gasteiger partial charge < -0.3 is 10.0 Å². The lowest BCUT2D eigenvalue weighted by Crippen LogP contribution is -2.34. The van der Waals surface area contributed by atoms with Crippen LogP contribution in [0.1, 0.15) is 34.6 Å². The number of nitrogens with zero attached hydrogens (tertiary/aromatic N) is 1. The highest BCUT2D eigenvalue weighted by molar-refractivity contribution is 5.90. The van der Waals surface area contributed by atoms with Crippen LogP contribution in [-0.2, 0) is 9.59 Å². The van der Waals surface area contributed by atoms with Crippen molar-refractivity contribution in [3.63, 3.8) is 0 Å². The van der Waals surface area contributed by atoms with Crippen molar-refractivity contribution in [1.82, 2.24) is 4.90 Å². The molecule has 1 amide bonds. The van der Waals surface area contributed by atoms with Crippen LogP contribution in [0.25, 0.3) is 0 Å². The summed E-state index contributed by atoms with van der Waals surface area (Å²) in [6.07, 6.45) is 1.52. The van der Waals surface area contributed by atoms with E-state index in [-0.39, 0.29) is 17.9 Å². The molecule has 92 valence electrons. The van der Waals surface area contributed by atoms with Gasteiger partial charge in [0.25, 0.3) is 0 Å². The van der Waals surface area contributed by atoms with Crippen molar-refractivity contribution < 1.29 is 14.7 Å². The lowest BCUT2D eigenvalue weighted by Gasteiger charge is -2.22. The van der Waals surface area contributed by atoms with E-state index in [9.17, 15) is 9.59 Å². The van der Waals surface area contributed by atoms with Crippen LogP contribution in [0.15, 0.2) is 11.6 Å². The highest BCUT2D eigenvalue weighted by Crippen LogP contribution is 2.24. The first-order valence-electron chi connectivity index (χ1n) is 5.38. The Morgan fingerprint density at radius 2 is 1.81 bits per heavy atom. The number of hydrogen-bond donors (Lipinski definition) is 1. The maximum absolute atomic E-state index is 11.8. The summed E-state index contributed by atoms with van der Waals surface area (Å²) in [4.78, 5) is 23.6. The zero-order chi connectivity index (χ0) is 12.9. The zero-order valence-electron chi connectivity index (χ0n) is 10.7. The molecule has 0 saturated heterocycles. The molecule has 0 aliphatic rings. The summed E-state index contributed by atoms with van der Waals surface area (Å²) in [5.74, 6) is -1.23. The number of allylic oxidation sites excluding steroid dienone is 1. The first-order chi connectivity index (χ1) is 7.18. The Bertz CT molecular complexity index is 300. The molecule has 0 atom stereocenters. The van der Waals surface area contributed by atoms with Gasteiger partial charge in [-0.05, 0) is 19.3 Å². The van der Waals surface area contributed by atoms with E-state index in [4.69, 9.17) is 5.11 Å². The fraction of sp³-hybridized carbons (Fsp3) is 0.667. The molecule has 0 rings (SSSR count). The van der Waals surface area contributed by atoms with Crippen molar-refractivity contribution in [2.45, 2.75) is 34.6 Å². The third kappa shape index (κ3) is 4.96. The van der Waals surface area contributed by atoms with Crippen molar-refractivity contribution in [3.05, 3.63) is 11.6 Å². The van der Waals surface area contributed by atoms with E-state index >= 15 is 0 Å². The molecular weight excluding hydrogens is 206 g/mol. The molecule has 0 unspecified atom stereocenters.